The highest BCUT2D eigenvalue weighted by Gasteiger charge is 2.26. The van der Waals surface area contributed by atoms with E-state index in [2.05, 4.69) is 6.58 Å². The zero-order chi connectivity index (χ0) is 12.8. The summed E-state index contributed by atoms with van der Waals surface area (Å²) in [5.41, 5.74) is 0. The van der Waals surface area contributed by atoms with Gasteiger partial charge in [-0.05, 0) is 6.92 Å². The van der Waals surface area contributed by atoms with Gasteiger partial charge in [0, 0.05) is 19.6 Å². The quantitative estimate of drug-likeness (QED) is 0.724. The van der Waals surface area contributed by atoms with Crippen molar-refractivity contribution in [2.24, 2.45) is 0 Å². The summed E-state index contributed by atoms with van der Waals surface area (Å²) in [7, 11) is 0. The molecule has 1 saturated heterocycles. The highest BCUT2D eigenvalue weighted by Crippen LogP contribution is 2.08. The lowest BCUT2D eigenvalue weighted by Crippen LogP contribution is -2.51. The average Bonchev–Trinajstić information content (AvgIpc) is 2.27. The molecule has 17 heavy (non-hydrogen) atoms. The molecule has 1 heterocycles. The molecular weight excluding hydrogens is 224 g/mol. The Morgan fingerprint density at radius 2 is 2.35 bits per heavy atom. The molecule has 2 amide bonds. The average molecular weight is 242 g/mol. The Labute approximate surface area is 100 Å². The molecule has 0 radical (unpaired) electrons. The first-order chi connectivity index (χ1) is 8.04. The number of rotatable bonds is 4. The molecule has 0 aromatic heterocycles. The van der Waals surface area contributed by atoms with Gasteiger partial charge in [-0.2, -0.15) is 0 Å². The number of nitrogens with zero attached hydrogens (tertiary/aromatic N) is 2. The molecule has 1 aliphatic rings. The van der Waals surface area contributed by atoms with Gasteiger partial charge in [0.15, 0.2) is 0 Å². The van der Waals surface area contributed by atoms with E-state index >= 15 is 0 Å². The Kier molecular flexibility index (Phi) is 4.96. The number of hydrogen-bond donors (Lipinski definition) is 1. The third kappa shape index (κ3) is 4.07. The summed E-state index contributed by atoms with van der Waals surface area (Å²) in [6, 6.07) is -0.276. The molecular formula is C11H18N2O4. The van der Waals surface area contributed by atoms with Crippen molar-refractivity contribution in [3.63, 3.8) is 0 Å². The molecule has 1 rings (SSSR count). The zero-order valence-corrected chi connectivity index (χ0v) is 9.96. The number of morpholine rings is 1. The number of carbonyl (C=O) groups excluding carboxylic acids is 1. The van der Waals surface area contributed by atoms with Gasteiger partial charge in [0.1, 0.15) is 6.54 Å². The van der Waals surface area contributed by atoms with Crippen LogP contribution in [0.15, 0.2) is 12.7 Å². The van der Waals surface area contributed by atoms with E-state index in [1.54, 1.807) is 4.90 Å². The molecule has 1 N–H and O–H groups in total. The van der Waals surface area contributed by atoms with E-state index in [1.807, 2.05) is 6.92 Å². The predicted octanol–water partition coefficient (Wildman–Crippen LogP) is 0.400. The predicted molar refractivity (Wildman–Crippen MR) is 61.8 cm³/mol. The fraction of sp³-hybridized carbons (Fsp3) is 0.636. The highest BCUT2D eigenvalue weighted by molar-refractivity contribution is 5.80. The van der Waals surface area contributed by atoms with Crippen LogP contribution in [0.2, 0.25) is 0 Å². The van der Waals surface area contributed by atoms with Crippen molar-refractivity contribution in [1.82, 2.24) is 9.80 Å². The van der Waals surface area contributed by atoms with Crippen LogP contribution in [0.1, 0.15) is 6.92 Å². The zero-order valence-electron chi connectivity index (χ0n) is 9.96. The van der Waals surface area contributed by atoms with Gasteiger partial charge in [0.05, 0.1) is 12.7 Å². The van der Waals surface area contributed by atoms with Gasteiger partial charge in [0.2, 0.25) is 0 Å². The first kappa shape index (κ1) is 13.5. The van der Waals surface area contributed by atoms with Crippen LogP contribution < -0.4 is 0 Å². The van der Waals surface area contributed by atoms with Gasteiger partial charge in [-0.25, -0.2) is 4.79 Å². The largest absolute Gasteiger partial charge is 0.480 e. The molecule has 1 unspecified atom stereocenters. The lowest BCUT2D eigenvalue weighted by Gasteiger charge is -2.34. The van der Waals surface area contributed by atoms with Crippen molar-refractivity contribution >= 4 is 12.0 Å². The first-order valence-electron chi connectivity index (χ1n) is 5.52. The van der Waals surface area contributed by atoms with E-state index in [1.165, 1.54) is 11.0 Å². The lowest BCUT2D eigenvalue weighted by atomic mass is 10.3. The Morgan fingerprint density at radius 3 is 2.88 bits per heavy atom. The van der Waals surface area contributed by atoms with Gasteiger partial charge >= 0.3 is 12.0 Å². The second-order valence-corrected chi connectivity index (χ2v) is 3.97. The summed E-state index contributed by atoms with van der Waals surface area (Å²) in [6.45, 7) is 6.80. The van der Waals surface area contributed by atoms with Crippen LogP contribution >= 0.6 is 0 Å². The molecule has 1 aliphatic heterocycles. The SMILES string of the molecule is C=CCN(CC(=O)O)C(=O)N1CCOC(C)C1. The third-order valence-corrected chi connectivity index (χ3v) is 2.46. The van der Waals surface area contributed by atoms with Gasteiger partial charge < -0.3 is 19.6 Å². The minimum absolute atomic E-state index is 0.0110. The van der Waals surface area contributed by atoms with E-state index in [0.29, 0.717) is 19.7 Å². The van der Waals surface area contributed by atoms with Crippen molar-refractivity contribution in [3.8, 4) is 0 Å². The van der Waals surface area contributed by atoms with Crippen LogP contribution in [0.4, 0.5) is 4.79 Å². The Morgan fingerprint density at radius 1 is 1.65 bits per heavy atom. The molecule has 96 valence electrons. The van der Waals surface area contributed by atoms with Gasteiger partial charge in [-0.1, -0.05) is 6.08 Å². The van der Waals surface area contributed by atoms with Crippen molar-refractivity contribution in [2.75, 3.05) is 32.8 Å². The maximum absolute atomic E-state index is 12.1. The van der Waals surface area contributed by atoms with Crippen LogP contribution in [-0.4, -0.2) is 65.8 Å². The normalized spacial score (nSPS) is 19.8. The maximum Gasteiger partial charge on any atom is 0.323 e. The minimum Gasteiger partial charge on any atom is -0.480 e. The summed E-state index contributed by atoms with van der Waals surface area (Å²) >= 11 is 0. The van der Waals surface area contributed by atoms with E-state index < -0.39 is 5.97 Å². The van der Waals surface area contributed by atoms with Crippen LogP contribution in [0.25, 0.3) is 0 Å². The number of hydrogen-bond acceptors (Lipinski definition) is 3. The Bertz CT molecular complexity index is 306. The molecule has 6 heteroatoms. The smallest absolute Gasteiger partial charge is 0.323 e. The van der Waals surface area contributed by atoms with Crippen LogP contribution in [0.5, 0.6) is 0 Å². The van der Waals surface area contributed by atoms with E-state index in [4.69, 9.17) is 9.84 Å². The summed E-state index contributed by atoms with van der Waals surface area (Å²) in [5, 5.41) is 8.74. The Balaban J connectivity index is 2.62. The van der Waals surface area contributed by atoms with E-state index in [0.717, 1.165) is 0 Å². The maximum atomic E-state index is 12.1. The second-order valence-electron chi connectivity index (χ2n) is 3.97. The second kappa shape index (κ2) is 6.24. The fourth-order valence-corrected chi connectivity index (χ4v) is 1.72. The molecule has 1 atom stereocenters. The van der Waals surface area contributed by atoms with Crippen molar-refractivity contribution in [1.29, 1.82) is 0 Å². The summed E-state index contributed by atoms with van der Waals surface area (Å²) in [5.74, 6) is -1.03. The highest BCUT2D eigenvalue weighted by atomic mass is 16.5. The van der Waals surface area contributed by atoms with Crippen molar-refractivity contribution in [3.05, 3.63) is 12.7 Å². The first-order valence-corrected chi connectivity index (χ1v) is 5.52. The number of aliphatic carboxylic acids is 1. The van der Waals surface area contributed by atoms with Crippen molar-refractivity contribution < 1.29 is 19.4 Å². The summed E-state index contributed by atoms with van der Waals surface area (Å²) in [4.78, 5) is 25.6. The topological polar surface area (TPSA) is 70.1 Å². The summed E-state index contributed by atoms with van der Waals surface area (Å²) in [6.07, 6.45) is 1.51. The standard InChI is InChI=1S/C11H18N2O4/c1-3-4-12(8-10(14)15)11(16)13-5-6-17-9(2)7-13/h3,9H,1,4-8H2,2H3,(H,14,15). The van der Waals surface area contributed by atoms with E-state index in [-0.39, 0.29) is 25.2 Å². The van der Waals surface area contributed by atoms with Crippen LogP contribution in [-0.2, 0) is 9.53 Å². The van der Waals surface area contributed by atoms with Gasteiger partial charge in [0.25, 0.3) is 0 Å². The number of carbonyl (C=O) groups is 2. The number of amides is 2. The van der Waals surface area contributed by atoms with Gasteiger partial charge in [-0.15, -0.1) is 6.58 Å². The molecule has 0 spiro atoms. The molecule has 0 aliphatic carbocycles. The molecule has 0 aromatic carbocycles. The third-order valence-electron chi connectivity index (χ3n) is 2.46. The summed E-state index contributed by atoms with van der Waals surface area (Å²) < 4.78 is 5.33. The van der Waals surface area contributed by atoms with Crippen molar-refractivity contribution in [2.45, 2.75) is 13.0 Å². The number of carboxylic acids is 1. The molecule has 0 bridgehead atoms. The van der Waals surface area contributed by atoms with Gasteiger partial charge in [-0.3, -0.25) is 4.79 Å². The Hall–Kier alpha value is -1.56. The number of carboxylic acid groups (broad SMARTS) is 1. The van der Waals surface area contributed by atoms with Crippen LogP contribution in [0, 0.1) is 0 Å². The fourth-order valence-electron chi connectivity index (χ4n) is 1.72. The lowest BCUT2D eigenvalue weighted by molar-refractivity contribution is -0.137. The molecule has 0 saturated carbocycles. The van der Waals surface area contributed by atoms with E-state index in [9.17, 15) is 9.59 Å². The number of urea groups is 1. The molecule has 1 fully saturated rings. The minimum atomic E-state index is -1.03. The van der Waals surface area contributed by atoms with Crippen LogP contribution in [0.3, 0.4) is 0 Å². The number of ether oxygens (including phenoxy) is 1. The molecule has 6 nitrogen and oxygen atoms in total. The molecule has 0 aromatic rings. The monoisotopic (exact) mass is 242 g/mol.